The van der Waals surface area contributed by atoms with Crippen LogP contribution in [0.1, 0.15) is 35.1 Å². The summed E-state index contributed by atoms with van der Waals surface area (Å²) in [6, 6.07) is 16.6. The van der Waals surface area contributed by atoms with Gasteiger partial charge in [0, 0.05) is 39.6 Å². The summed E-state index contributed by atoms with van der Waals surface area (Å²) in [6.07, 6.45) is 1.34. The van der Waals surface area contributed by atoms with E-state index in [-0.39, 0.29) is 29.9 Å². The number of halogens is 1. The van der Waals surface area contributed by atoms with Crippen LogP contribution < -0.4 is 10.6 Å². The molecule has 5 nitrogen and oxygen atoms in total. The molecule has 2 aromatic rings. The minimum absolute atomic E-state index is 0. The Bertz CT molecular complexity index is 797. The lowest BCUT2D eigenvalue weighted by atomic mass is 10.1. The maximum atomic E-state index is 12.4. The number of benzene rings is 2. The first kappa shape index (κ1) is 22.2. The van der Waals surface area contributed by atoms with Gasteiger partial charge in [-0.05, 0) is 35.6 Å². The van der Waals surface area contributed by atoms with Gasteiger partial charge in [-0.3, -0.25) is 9.79 Å². The molecule has 0 fully saturated rings. The summed E-state index contributed by atoms with van der Waals surface area (Å²) in [5.74, 6) is 0.982. The van der Waals surface area contributed by atoms with Gasteiger partial charge in [0.15, 0.2) is 5.96 Å². The number of hydrogen-bond donors (Lipinski definition) is 2. The van der Waals surface area contributed by atoms with Crippen LogP contribution in [0.2, 0.25) is 0 Å². The van der Waals surface area contributed by atoms with Gasteiger partial charge in [0.05, 0.1) is 0 Å². The number of nitrogens with zero attached hydrogens (tertiary/aromatic N) is 2. The van der Waals surface area contributed by atoms with E-state index in [0.717, 1.165) is 38.6 Å². The molecule has 0 bridgehead atoms. The third kappa shape index (κ3) is 5.95. The van der Waals surface area contributed by atoms with E-state index in [0.29, 0.717) is 6.42 Å². The number of fused-ring (bicyclic) bond motifs is 1. The van der Waals surface area contributed by atoms with Crippen molar-refractivity contribution in [3.05, 3.63) is 70.8 Å². The van der Waals surface area contributed by atoms with Crippen LogP contribution in [0, 0.1) is 6.92 Å². The average molecular weight is 492 g/mol. The maximum absolute atomic E-state index is 12.4. The number of amides is 1. The predicted molar refractivity (Wildman–Crippen MR) is 125 cm³/mol. The Balaban J connectivity index is 0.00000280. The normalized spacial score (nSPS) is 12.9. The fraction of sp³-hybridized carbons (Fsp3) is 0.364. The van der Waals surface area contributed by atoms with Crippen LogP contribution in [0.4, 0.5) is 0 Å². The van der Waals surface area contributed by atoms with Crippen molar-refractivity contribution in [3.63, 3.8) is 0 Å². The van der Waals surface area contributed by atoms with E-state index in [1.807, 2.05) is 29.2 Å². The van der Waals surface area contributed by atoms with Crippen molar-refractivity contribution in [3.8, 4) is 0 Å². The number of aliphatic imine (C=N–C) groups is 1. The minimum Gasteiger partial charge on any atom is -0.356 e. The summed E-state index contributed by atoms with van der Waals surface area (Å²) in [7, 11) is 1.76. The number of guanidine groups is 1. The Morgan fingerprint density at radius 1 is 1.04 bits per heavy atom. The van der Waals surface area contributed by atoms with E-state index in [4.69, 9.17) is 0 Å². The highest BCUT2D eigenvalue weighted by molar-refractivity contribution is 14.0. The molecule has 1 amide bonds. The van der Waals surface area contributed by atoms with Crippen LogP contribution in [0.25, 0.3) is 0 Å². The van der Waals surface area contributed by atoms with Gasteiger partial charge in [-0.15, -0.1) is 24.0 Å². The number of nitrogens with one attached hydrogen (secondary N) is 2. The molecule has 2 N–H and O–H groups in total. The molecule has 0 atom stereocenters. The molecule has 0 spiro atoms. The summed E-state index contributed by atoms with van der Waals surface area (Å²) < 4.78 is 0. The monoisotopic (exact) mass is 492 g/mol. The number of carbonyl (C=O) groups excluding carboxylic acids is 1. The Labute approximate surface area is 184 Å². The fourth-order valence-electron chi connectivity index (χ4n) is 3.32. The van der Waals surface area contributed by atoms with Crippen LogP contribution in [0.3, 0.4) is 0 Å². The summed E-state index contributed by atoms with van der Waals surface area (Å²) >= 11 is 0. The maximum Gasteiger partial charge on any atom is 0.223 e. The second kappa shape index (κ2) is 11.0. The molecule has 0 unspecified atom stereocenters. The molecule has 150 valence electrons. The Kier molecular flexibility index (Phi) is 8.76. The van der Waals surface area contributed by atoms with Crippen molar-refractivity contribution in [1.82, 2.24) is 15.5 Å². The Hall–Kier alpha value is -2.09. The van der Waals surface area contributed by atoms with E-state index >= 15 is 0 Å². The molecule has 1 aliphatic heterocycles. The van der Waals surface area contributed by atoms with Crippen LogP contribution in [0.5, 0.6) is 0 Å². The lowest BCUT2D eigenvalue weighted by Gasteiger charge is -2.16. The molecule has 3 rings (SSSR count). The molecule has 0 saturated heterocycles. The molecule has 0 radical (unpaired) electrons. The van der Waals surface area contributed by atoms with Gasteiger partial charge in [0.1, 0.15) is 0 Å². The quantitative estimate of drug-likeness (QED) is 0.281. The summed E-state index contributed by atoms with van der Waals surface area (Å²) in [6.45, 7) is 5.04. The van der Waals surface area contributed by atoms with Crippen molar-refractivity contribution in [1.29, 1.82) is 0 Å². The SMILES string of the molecule is CN=C(NCCCC(=O)N1Cc2ccccc2C1)NCc1ccccc1C.I. The van der Waals surface area contributed by atoms with Crippen molar-refractivity contribution in [2.24, 2.45) is 4.99 Å². The molecule has 0 saturated carbocycles. The van der Waals surface area contributed by atoms with E-state index in [2.05, 4.69) is 46.8 Å². The van der Waals surface area contributed by atoms with Gasteiger partial charge in [-0.2, -0.15) is 0 Å². The third-order valence-corrected chi connectivity index (χ3v) is 4.98. The smallest absolute Gasteiger partial charge is 0.223 e. The van der Waals surface area contributed by atoms with Crippen molar-refractivity contribution >= 4 is 35.8 Å². The molecular weight excluding hydrogens is 463 g/mol. The molecule has 2 aromatic carbocycles. The fourth-order valence-corrected chi connectivity index (χ4v) is 3.32. The van der Waals surface area contributed by atoms with E-state index < -0.39 is 0 Å². The highest BCUT2D eigenvalue weighted by Gasteiger charge is 2.22. The number of carbonyl (C=O) groups is 1. The average Bonchev–Trinajstić information content (AvgIpc) is 3.13. The number of rotatable bonds is 6. The largest absolute Gasteiger partial charge is 0.356 e. The molecule has 28 heavy (non-hydrogen) atoms. The van der Waals surface area contributed by atoms with Crippen molar-refractivity contribution in [2.75, 3.05) is 13.6 Å². The van der Waals surface area contributed by atoms with Gasteiger partial charge in [0.2, 0.25) is 5.91 Å². The zero-order chi connectivity index (χ0) is 19.1. The van der Waals surface area contributed by atoms with Crippen LogP contribution in [-0.2, 0) is 24.4 Å². The van der Waals surface area contributed by atoms with Gasteiger partial charge >= 0.3 is 0 Å². The first-order valence-corrected chi connectivity index (χ1v) is 9.51. The second-order valence-corrected chi connectivity index (χ2v) is 6.90. The van der Waals surface area contributed by atoms with Crippen LogP contribution in [0.15, 0.2) is 53.5 Å². The van der Waals surface area contributed by atoms with Gasteiger partial charge < -0.3 is 15.5 Å². The second-order valence-electron chi connectivity index (χ2n) is 6.90. The zero-order valence-electron chi connectivity index (χ0n) is 16.6. The van der Waals surface area contributed by atoms with Crippen LogP contribution >= 0.6 is 24.0 Å². The van der Waals surface area contributed by atoms with E-state index in [1.54, 1.807) is 7.05 Å². The van der Waals surface area contributed by atoms with E-state index in [9.17, 15) is 4.79 Å². The molecule has 0 aliphatic carbocycles. The summed E-state index contributed by atoms with van der Waals surface area (Å²) in [5, 5.41) is 6.62. The van der Waals surface area contributed by atoms with Crippen LogP contribution in [-0.4, -0.2) is 30.4 Å². The third-order valence-electron chi connectivity index (χ3n) is 4.98. The summed E-state index contributed by atoms with van der Waals surface area (Å²) in [5.41, 5.74) is 5.05. The standard InChI is InChI=1S/C22H28N4O.HI/c1-17-8-3-4-9-18(17)14-25-22(23-2)24-13-7-12-21(27)26-15-19-10-5-6-11-20(19)16-26;/h3-6,8-11H,7,12-16H2,1-2H3,(H2,23,24,25);1H. The Morgan fingerprint density at radius 2 is 1.68 bits per heavy atom. The minimum atomic E-state index is 0. The first-order valence-electron chi connectivity index (χ1n) is 9.51. The van der Waals surface area contributed by atoms with Crippen molar-refractivity contribution in [2.45, 2.75) is 39.4 Å². The van der Waals surface area contributed by atoms with Gasteiger partial charge in [-0.1, -0.05) is 48.5 Å². The lowest BCUT2D eigenvalue weighted by molar-refractivity contribution is -0.131. The summed E-state index contributed by atoms with van der Waals surface area (Å²) in [4.78, 5) is 18.6. The molecular formula is C22H29IN4O. The highest BCUT2D eigenvalue weighted by Crippen LogP contribution is 2.22. The molecule has 6 heteroatoms. The van der Waals surface area contributed by atoms with Crippen molar-refractivity contribution < 1.29 is 4.79 Å². The highest BCUT2D eigenvalue weighted by atomic mass is 127. The van der Waals surface area contributed by atoms with Gasteiger partial charge in [-0.25, -0.2) is 0 Å². The van der Waals surface area contributed by atoms with E-state index in [1.165, 1.54) is 22.3 Å². The molecule has 0 aromatic heterocycles. The lowest BCUT2D eigenvalue weighted by Crippen LogP contribution is -2.37. The molecule has 1 heterocycles. The first-order chi connectivity index (χ1) is 13.2. The number of aryl methyl sites for hydroxylation is 1. The Morgan fingerprint density at radius 3 is 2.32 bits per heavy atom. The zero-order valence-corrected chi connectivity index (χ0v) is 18.9. The number of hydrogen-bond acceptors (Lipinski definition) is 2. The topological polar surface area (TPSA) is 56.7 Å². The van der Waals surface area contributed by atoms with Gasteiger partial charge in [0.25, 0.3) is 0 Å². The molecule has 1 aliphatic rings. The predicted octanol–water partition coefficient (Wildman–Crippen LogP) is 3.60.